The van der Waals surface area contributed by atoms with Crippen molar-refractivity contribution in [3.05, 3.63) is 34.7 Å². The number of aliphatic hydroxyl groups excluding tert-OH is 1. The van der Waals surface area contributed by atoms with Crippen molar-refractivity contribution in [3.8, 4) is 10.7 Å². The minimum absolute atomic E-state index is 0.277. The fraction of sp³-hybridized carbons (Fsp3) is 0.333. The molecule has 3 nitrogen and oxygen atoms in total. The summed E-state index contributed by atoms with van der Waals surface area (Å²) in [5.41, 5.74) is 0.986. The van der Waals surface area contributed by atoms with Crippen LogP contribution in [0.2, 0.25) is 0 Å². The van der Waals surface area contributed by atoms with E-state index in [1.165, 1.54) is 17.4 Å². The van der Waals surface area contributed by atoms with Gasteiger partial charge >= 0.3 is 0 Å². The van der Waals surface area contributed by atoms with Gasteiger partial charge in [0.1, 0.15) is 10.7 Å². The number of hydrogen-bond donors (Lipinski definition) is 1. The maximum Gasteiger partial charge on any atom is 0.151 e. The number of aliphatic hydroxyl groups is 1. The first-order chi connectivity index (χ1) is 8.25. The summed E-state index contributed by atoms with van der Waals surface area (Å²) >= 11 is 1.43. The van der Waals surface area contributed by atoms with Gasteiger partial charge in [-0.15, -0.1) is 11.3 Å². The van der Waals surface area contributed by atoms with Gasteiger partial charge in [-0.05, 0) is 31.4 Å². The highest BCUT2D eigenvalue weighted by Gasteiger charge is 2.24. The van der Waals surface area contributed by atoms with E-state index in [1.54, 1.807) is 12.3 Å². The molecule has 0 fully saturated rings. The van der Waals surface area contributed by atoms with Crippen LogP contribution in [0.5, 0.6) is 0 Å². The van der Waals surface area contributed by atoms with Crippen molar-refractivity contribution in [1.82, 2.24) is 9.97 Å². The molecule has 1 aliphatic rings. The highest BCUT2D eigenvalue weighted by atomic mass is 32.1. The highest BCUT2D eigenvalue weighted by molar-refractivity contribution is 7.15. The van der Waals surface area contributed by atoms with E-state index in [9.17, 15) is 9.50 Å². The Balaban J connectivity index is 2.08. The van der Waals surface area contributed by atoms with Gasteiger partial charge in [0.25, 0.3) is 0 Å². The molecular weight excluding hydrogens is 239 g/mol. The lowest BCUT2D eigenvalue weighted by molar-refractivity contribution is 0.153. The predicted octanol–water partition coefficient (Wildman–Crippen LogP) is 2.71. The summed E-state index contributed by atoms with van der Waals surface area (Å²) in [6.45, 7) is 0. The normalized spacial score (nSPS) is 19.1. The lowest BCUT2D eigenvalue weighted by atomic mass is 10.0. The minimum atomic E-state index is -0.504. The topological polar surface area (TPSA) is 46.0 Å². The summed E-state index contributed by atoms with van der Waals surface area (Å²) in [5.74, 6) is -0.368. The standard InChI is InChI=1S/C12H11FN2OS/c13-7-3-2-6-14-10(7)12-15-11-8(16)4-1-5-9(11)17-12/h2-3,6,8,16H,1,4-5H2. The molecule has 1 N–H and O–H groups in total. The molecule has 2 aromatic heterocycles. The van der Waals surface area contributed by atoms with Crippen molar-refractivity contribution in [3.63, 3.8) is 0 Å². The van der Waals surface area contributed by atoms with Crippen molar-refractivity contribution >= 4 is 11.3 Å². The van der Waals surface area contributed by atoms with Crippen LogP contribution >= 0.6 is 11.3 Å². The number of thiazole rings is 1. The van der Waals surface area contributed by atoms with E-state index in [2.05, 4.69) is 9.97 Å². The third-order valence-electron chi connectivity index (χ3n) is 2.89. The summed E-state index contributed by atoms with van der Waals surface area (Å²) in [6.07, 6.45) is 3.66. The third kappa shape index (κ3) is 1.85. The summed E-state index contributed by atoms with van der Waals surface area (Å²) in [4.78, 5) is 9.40. The second kappa shape index (κ2) is 4.16. The van der Waals surface area contributed by atoms with Crippen molar-refractivity contribution < 1.29 is 9.50 Å². The van der Waals surface area contributed by atoms with Crippen LogP contribution < -0.4 is 0 Å². The molecule has 0 saturated carbocycles. The van der Waals surface area contributed by atoms with Crippen molar-refractivity contribution in [2.24, 2.45) is 0 Å². The molecule has 1 aliphatic carbocycles. The maximum absolute atomic E-state index is 13.6. The number of nitrogens with zero attached hydrogens (tertiary/aromatic N) is 2. The molecule has 0 saturated heterocycles. The monoisotopic (exact) mass is 250 g/mol. The SMILES string of the molecule is OC1CCCc2sc(-c3ncccc3F)nc21. The first-order valence-corrected chi connectivity index (χ1v) is 6.36. The largest absolute Gasteiger partial charge is 0.387 e. The molecule has 0 radical (unpaired) electrons. The third-order valence-corrected chi connectivity index (χ3v) is 4.02. The number of rotatable bonds is 1. The fourth-order valence-corrected chi connectivity index (χ4v) is 3.20. The molecule has 0 aliphatic heterocycles. The van der Waals surface area contributed by atoms with E-state index < -0.39 is 6.10 Å². The van der Waals surface area contributed by atoms with Crippen molar-refractivity contribution in [2.75, 3.05) is 0 Å². The van der Waals surface area contributed by atoms with Crippen LogP contribution in [0.15, 0.2) is 18.3 Å². The lowest BCUT2D eigenvalue weighted by Gasteiger charge is -2.14. The van der Waals surface area contributed by atoms with Gasteiger partial charge in [-0.2, -0.15) is 0 Å². The van der Waals surface area contributed by atoms with Crippen LogP contribution in [0, 0.1) is 5.82 Å². The van der Waals surface area contributed by atoms with E-state index in [-0.39, 0.29) is 11.5 Å². The first kappa shape index (κ1) is 10.8. The van der Waals surface area contributed by atoms with Gasteiger partial charge in [-0.1, -0.05) is 0 Å². The zero-order valence-corrected chi connectivity index (χ0v) is 9.88. The number of aryl methyl sites for hydroxylation is 1. The Morgan fingerprint density at radius 2 is 2.35 bits per heavy atom. The molecule has 1 atom stereocenters. The average Bonchev–Trinajstić information content (AvgIpc) is 2.75. The maximum atomic E-state index is 13.6. The van der Waals surface area contributed by atoms with Gasteiger partial charge in [0.2, 0.25) is 0 Å². The van der Waals surface area contributed by atoms with Gasteiger partial charge in [0.15, 0.2) is 5.82 Å². The van der Waals surface area contributed by atoms with Gasteiger partial charge in [-0.3, -0.25) is 4.98 Å². The van der Waals surface area contributed by atoms with E-state index in [4.69, 9.17) is 0 Å². The molecule has 0 bridgehead atoms. The molecule has 88 valence electrons. The van der Waals surface area contributed by atoms with Crippen molar-refractivity contribution in [2.45, 2.75) is 25.4 Å². The number of fused-ring (bicyclic) bond motifs is 1. The average molecular weight is 250 g/mol. The Morgan fingerprint density at radius 1 is 1.47 bits per heavy atom. The molecule has 2 heterocycles. The molecule has 0 spiro atoms. The Bertz CT molecular complexity index is 555. The molecule has 0 amide bonds. The van der Waals surface area contributed by atoms with Gasteiger partial charge in [0.05, 0.1) is 11.8 Å². The van der Waals surface area contributed by atoms with E-state index in [1.807, 2.05) is 0 Å². The number of hydrogen-bond acceptors (Lipinski definition) is 4. The molecule has 3 rings (SSSR count). The number of halogens is 1. The van der Waals surface area contributed by atoms with E-state index in [0.29, 0.717) is 10.7 Å². The van der Waals surface area contributed by atoms with E-state index >= 15 is 0 Å². The summed E-state index contributed by atoms with van der Waals surface area (Å²) in [7, 11) is 0. The van der Waals surface area contributed by atoms with Gasteiger partial charge in [0, 0.05) is 11.1 Å². The number of aromatic nitrogens is 2. The molecular formula is C12H11FN2OS. The fourth-order valence-electron chi connectivity index (χ4n) is 2.04. The molecule has 17 heavy (non-hydrogen) atoms. The predicted molar refractivity (Wildman–Crippen MR) is 63.2 cm³/mol. The number of pyridine rings is 1. The van der Waals surface area contributed by atoms with Crippen LogP contribution in [-0.4, -0.2) is 15.1 Å². The van der Waals surface area contributed by atoms with E-state index in [0.717, 1.165) is 24.1 Å². The molecule has 2 aromatic rings. The van der Waals surface area contributed by atoms with Crippen LogP contribution in [0.1, 0.15) is 29.5 Å². The highest BCUT2D eigenvalue weighted by Crippen LogP contribution is 2.36. The second-order valence-electron chi connectivity index (χ2n) is 4.07. The van der Waals surface area contributed by atoms with Crippen LogP contribution in [0.25, 0.3) is 10.7 Å². The molecule has 5 heteroatoms. The summed E-state index contributed by atoms with van der Waals surface area (Å²) in [5, 5.41) is 10.4. The Labute approximate surface area is 102 Å². The lowest BCUT2D eigenvalue weighted by Crippen LogP contribution is -2.07. The zero-order chi connectivity index (χ0) is 11.8. The summed E-state index contributed by atoms with van der Waals surface area (Å²) in [6, 6.07) is 2.93. The van der Waals surface area contributed by atoms with Crippen LogP contribution in [0.4, 0.5) is 4.39 Å². The zero-order valence-electron chi connectivity index (χ0n) is 9.06. The van der Waals surface area contributed by atoms with Gasteiger partial charge in [-0.25, -0.2) is 9.37 Å². The Kier molecular flexibility index (Phi) is 2.64. The van der Waals surface area contributed by atoms with Crippen molar-refractivity contribution in [1.29, 1.82) is 0 Å². The van der Waals surface area contributed by atoms with Gasteiger partial charge < -0.3 is 5.11 Å². The molecule has 0 aromatic carbocycles. The summed E-state index contributed by atoms with van der Waals surface area (Å²) < 4.78 is 13.6. The van der Waals surface area contributed by atoms with Crippen LogP contribution in [0.3, 0.4) is 0 Å². The second-order valence-corrected chi connectivity index (χ2v) is 5.15. The Morgan fingerprint density at radius 3 is 3.12 bits per heavy atom. The van der Waals surface area contributed by atoms with Crippen LogP contribution in [-0.2, 0) is 6.42 Å². The quantitative estimate of drug-likeness (QED) is 0.846. The smallest absolute Gasteiger partial charge is 0.151 e. The molecule has 1 unspecified atom stereocenters. The Hall–Kier alpha value is -1.33. The minimum Gasteiger partial charge on any atom is -0.387 e. The first-order valence-electron chi connectivity index (χ1n) is 5.54.